The van der Waals surface area contributed by atoms with Crippen LogP contribution >= 0.6 is 0 Å². The number of hydrogen-bond acceptors (Lipinski definition) is 4. The number of esters is 1. The maximum absolute atomic E-state index is 12.4. The van der Waals surface area contributed by atoms with Crippen LogP contribution in [-0.4, -0.2) is 22.9 Å². The Bertz CT molecular complexity index is 911. The zero-order chi connectivity index (χ0) is 18.0. The van der Waals surface area contributed by atoms with Crippen LogP contribution in [0.2, 0.25) is 0 Å². The van der Waals surface area contributed by atoms with Crippen LogP contribution in [0.3, 0.4) is 0 Å². The van der Waals surface area contributed by atoms with Gasteiger partial charge >= 0.3 is 5.97 Å². The summed E-state index contributed by atoms with van der Waals surface area (Å²) in [6, 6.07) is 14.6. The highest BCUT2D eigenvalue weighted by molar-refractivity contribution is 5.91. The van der Waals surface area contributed by atoms with Gasteiger partial charge in [-0.15, -0.1) is 0 Å². The number of aryl methyl sites for hydroxylation is 3. The molecule has 0 aliphatic rings. The van der Waals surface area contributed by atoms with E-state index in [2.05, 4.69) is 11.2 Å². The van der Waals surface area contributed by atoms with Crippen LogP contribution in [-0.2, 0) is 0 Å². The monoisotopic (exact) mass is 336 g/mol. The molecule has 0 atom stereocenters. The number of ether oxygens (including phenoxy) is 2. The number of rotatable bonds is 4. The Hall–Kier alpha value is -3.08. The van der Waals surface area contributed by atoms with E-state index in [-0.39, 0.29) is 0 Å². The number of carbonyl (C=O) groups is 1. The summed E-state index contributed by atoms with van der Waals surface area (Å²) in [5.74, 6) is 0.645. The summed E-state index contributed by atoms with van der Waals surface area (Å²) in [7, 11) is 1.58. The Morgan fingerprint density at radius 1 is 1.00 bits per heavy atom. The van der Waals surface area contributed by atoms with Crippen molar-refractivity contribution in [3.63, 3.8) is 0 Å². The van der Waals surface area contributed by atoms with Crippen molar-refractivity contribution >= 4 is 5.97 Å². The van der Waals surface area contributed by atoms with Crippen LogP contribution < -0.4 is 9.47 Å². The minimum absolute atomic E-state index is 0.394. The highest BCUT2D eigenvalue weighted by atomic mass is 16.5. The first-order valence-corrected chi connectivity index (χ1v) is 7.98. The number of nitrogens with zero attached hydrogens (tertiary/aromatic N) is 2. The summed E-state index contributed by atoms with van der Waals surface area (Å²) >= 11 is 0. The predicted octanol–water partition coefficient (Wildman–Crippen LogP) is 4.03. The van der Waals surface area contributed by atoms with E-state index < -0.39 is 5.97 Å². The number of aromatic nitrogens is 2. The second kappa shape index (κ2) is 6.81. The molecule has 1 heterocycles. The number of benzene rings is 2. The molecule has 5 heteroatoms. The quantitative estimate of drug-likeness (QED) is 0.675. The third kappa shape index (κ3) is 3.55. The van der Waals surface area contributed by atoms with E-state index >= 15 is 0 Å². The van der Waals surface area contributed by atoms with Gasteiger partial charge in [0, 0.05) is 6.07 Å². The lowest BCUT2D eigenvalue weighted by Gasteiger charge is -2.11. The van der Waals surface area contributed by atoms with Crippen molar-refractivity contribution in [1.29, 1.82) is 0 Å². The molecule has 2 aromatic carbocycles. The summed E-state index contributed by atoms with van der Waals surface area (Å²) in [5.41, 5.74) is 4.34. The van der Waals surface area contributed by atoms with E-state index in [4.69, 9.17) is 9.47 Å². The fraction of sp³-hybridized carbons (Fsp3) is 0.200. The SMILES string of the molecule is COc1ccc(C(=O)Oc2cc(C)nn2-c2ccc(C)cc2C)cc1. The lowest BCUT2D eigenvalue weighted by Crippen LogP contribution is -2.12. The van der Waals surface area contributed by atoms with Crippen LogP contribution in [0.1, 0.15) is 27.2 Å². The van der Waals surface area contributed by atoms with Crippen LogP contribution in [0.5, 0.6) is 11.6 Å². The third-order valence-corrected chi connectivity index (χ3v) is 3.90. The fourth-order valence-electron chi connectivity index (χ4n) is 2.65. The summed E-state index contributed by atoms with van der Waals surface area (Å²) in [5, 5.41) is 4.46. The van der Waals surface area contributed by atoms with Crippen molar-refractivity contribution in [3.8, 4) is 17.3 Å². The average molecular weight is 336 g/mol. The Morgan fingerprint density at radius 2 is 1.72 bits per heavy atom. The molecule has 0 aliphatic heterocycles. The molecule has 0 saturated carbocycles. The Labute approximate surface area is 146 Å². The molecule has 1 aromatic heterocycles. The zero-order valence-electron chi connectivity index (χ0n) is 14.7. The zero-order valence-corrected chi connectivity index (χ0v) is 14.7. The average Bonchev–Trinajstić information content (AvgIpc) is 2.95. The summed E-state index contributed by atoms with van der Waals surface area (Å²) in [4.78, 5) is 12.4. The normalized spacial score (nSPS) is 10.6. The summed E-state index contributed by atoms with van der Waals surface area (Å²) < 4.78 is 12.3. The smallest absolute Gasteiger partial charge is 0.344 e. The molecule has 25 heavy (non-hydrogen) atoms. The number of carbonyl (C=O) groups excluding carboxylic acids is 1. The summed E-state index contributed by atoms with van der Waals surface area (Å²) in [6.07, 6.45) is 0. The van der Waals surface area contributed by atoms with Crippen molar-refractivity contribution in [1.82, 2.24) is 9.78 Å². The molecule has 3 aromatic rings. The molecule has 0 unspecified atom stereocenters. The second-order valence-corrected chi connectivity index (χ2v) is 5.94. The van der Waals surface area contributed by atoms with Gasteiger partial charge in [-0.1, -0.05) is 17.7 Å². The first-order valence-electron chi connectivity index (χ1n) is 7.98. The van der Waals surface area contributed by atoms with Gasteiger partial charge in [0.05, 0.1) is 24.1 Å². The van der Waals surface area contributed by atoms with Crippen molar-refractivity contribution in [2.75, 3.05) is 7.11 Å². The molecule has 5 nitrogen and oxygen atoms in total. The van der Waals surface area contributed by atoms with Crippen LogP contribution in [0.4, 0.5) is 0 Å². The van der Waals surface area contributed by atoms with Gasteiger partial charge in [-0.05, 0) is 56.7 Å². The van der Waals surface area contributed by atoms with E-state index in [1.54, 1.807) is 42.1 Å². The van der Waals surface area contributed by atoms with Gasteiger partial charge in [0.15, 0.2) is 0 Å². The fourth-order valence-corrected chi connectivity index (χ4v) is 2.65. The maximum atomic E-state index is 12.4. The minimum atomic E-state index is -0.437. The molecule has 0 spiro atoms. The Morgan fingerprint density at radius 3 is 2.36 bits per heavy atom. The molecule has 0 bridgehead atoms. The number of methoxy groups -OCH3 is 1. The van der Waals surface area contributed by atoms with Crippen LogP contribution in [0, 0.1) is 20.8 Å². The van der Waals surface area contributed by atoms with Crippen molar-refractivity contribution < 1.29 is 14.3 Å². The van der Waals surface area contributed by atoms with Gasteiger partial charge in [-0.2, -0.15) is 5.10 Å². The summed E-state index contributed by atoms with van der Waals surface area (Å²) in [6.45, 7) is 5.91. The molecule has 0 radical (unpaired) electrons. The topological polar surface area (TPSA) is 53.4 Å². The van der Waals surface area contributed by atoms with Gasteiger partial charge in [0.2, 0.25) is 5.88 Å². The lowest BCUT2D eigenvalue weighted by atomic mass is 10.1. The Balaban J connectivity index is 1.91. The minimum Gasteiger partial charge on any atom is -0.497 e. The van der Waals surface area contributed by atoms with Crippen molar-refractivity contribution in [2.45, 2.75) is 20.8 Å². The predicted molar refractivity (Wildman–Crippen MR) is 95.7 cm³/mol. The van der Waals surface area contributed by atoms with E-state index in [1.807, 2.05) is 32.9 Å². The first-order chi connectivity index (χ1) is 12.0. The molecule has 0 N–H and O–H groups in total. The molecule has 0 aliphatic carbocycles. The van der Waals surface area contributed by atoms with Gasteiger partial charge in [0.25, 0.3) is 0 Å². The van der Waals surface area contributed by atoms with Gasteiger partial charge in [-0.3, -0.25) is 0 Å². The first kappa shape index (κ1) is 16.8. The van der Waals surface area contributed by atoms with E-state index in [0.717, 1.165) is 16.9 Å². The standard InChI is InChI=1S/C20H20N2O3/c1-13-5-10-18(14(2)11-13)22-19(12-15(3)21-22)25-20(23)16-6-8-17(24-4)9-7-16/h5-12H,1-4H3. The third-order valence-electron chi connectivity index (χ3n) is 3.90. The van der Waals surface area contributed by atoms with Gasteiger partial charge in [-0.25, -0.2) is 9.48 Å². The van der Waals surface area contributed by atoms with Gasteiger partial charge in [0.1, 0.15) is 5.75 Å². The molecular weight excluding hydrogens is 316 g/mol. The van der Waals surface area contributed by atoms with Crippen molar-refractivity contribution in [3.05, 3.63) is 70.9 Å². The molecule has 128 valence electrons. The van der Waals surface area contributed by atoms with Crippen LogP contribution in [0.15, 0.2) is 48.5 Å². The molecule has 0 fully saturated rings. The second-order valence-electron chi connectivity index (χ2n) is 5.94. The molecular formula is C20H20N2O3. The highest BCUT2D eigenvalue weighted by Gasteiger charge is 2.16. The van der Waals surface area contributed by atoms with E-state index in [1.165, 1.54) is 5.56 Å². The molecule has 0 amide bonds. The molecule has 3 rings (SSSR count). The lowest BCUT2D eigenvalue weighted by molar-refractivity contribution is 0.0723. The number of hydrogen-bond donors (Lipinski definition) is 0. The van der Waals surface area contributed by atoms with Crippen LogP contribution in [0.25, 0.3) is 5.69 Å². The van der Waals surface area contributed by atoms with Crippen molar-refractivity contribution in [2.24, 2.45) is 0 Å². The maximum Gasteiger partial charge on any atom is 0.344 e. The highest BCUT2D eigenvalue weighted by Crippen LogP contribution is 2.24. The Kier molecular flexibility index (Phi) is 4.57. The van der Waals surface area contributed by atoms with Gasteiger partial charge < -0.3 is 9.47 Å². The van der Waals surface area contributed by atoms with E-state index in [0.29, 0.717) is 17.2 Å². The largest absolute Gasteiger partial charge is 0.497 e. The molecule has 0 saturated heterocycles. The van der Waals surface area contributed by atoms with E-state index in [9.17, 15) is 4.79 Å².